The summed E-state index contributed by atoms with van der Waals surface area (Å²) in [7, 11) is -5.13. The zero-order valence-corrected chi connectivity index (χ0v) is 13.2. The Morgan fingerprint density at radius 1 is 1.25 bits per heavy atom. The molecule has 0 amide bonds. The van der Waals surface area contributed by atoms with Gasteiger partial charge in [0.15, 0.2) is 0 Å². The van der Waals surface area contributed by atoms with Gasteiger partial charge in [-0.1, -0.05) is 25.7 Å². The van der Waals surface area contributed by atoms with Gasteiger partial charge in [0, 0.05) is 13.8 Å². The van der Waals surface area contributed by atoms with Crippen molar-refractivity contribution in [2.45, 2.75) is 32.1 Å². The number of hydrogen-bond acceptors (Lipinski definition) is 3. The van der Waals surface area contributed by atoms with Crippen molar-refractivity contribution < 1.29 is 64.4 Å². The molecule has 0 saturated carbocycles. The van der Waals surface area contributed by atoms with E-state index >= 15 is 0 Å². The van der Waals surface area contributed by atoms with E-state index in [0.717, 1.165) is 6.04 Å². The van der Waals surface area contributed by atoms with Crippen molar-refractivity contribution in [1.29, 1.82) is 0 Å². The molecule has 0 rings (SSSR count). The summed E-state index contributed by atoms with van der Waals surface area (Å²) >= 11 is 0. The molecule has 0 atom stereocenters. The van der Waals surface area contributed by atoms with Crippen LogP contribution in [-0.2, 0) is 10.1 Å². The molecule has 0 aliphatic carbocycles. The van der Waals surface area contributed by atoms with Gasteiger partial charge in [-0.05, 0) is 6.42 Å². The van der Waals surface area contributed by atoms with Crippen LogP contribution in [0.2, 0.25) is 25.7 Å². The number of rotatable bonds is 4. The molecule has 0 saturated heterocycles. The normalized spacial score (nSPS) is 12.3. The molecule has 0 heterocycles. The summed E-state index contributed by atoms with van der Waals surface area (Å²) in [6.07, 6.45) is 0.529. The Hall–Kier alpha value is 1.76. The zero-order valence-electron chi connectivity index (χ0n) is 8.25. The maximum Gasteiger partial charge on any atom is 1.00 e. The maximum absolute atomic E-state index is 10.2. The van der Waals surface area contributed by atoms with Crippen LogP contribution < -0.4 is 51.4 Å². The molecule has 0 aliphatic rings. The maximum atomic E-state index is 10.2. The van der Waals surface area contributed by atoms with Gasteiger partial charge in [0.25, 0.3) is 0 Å². The second kappa shape index (κ2) is 6.28. The fourth-order valence-corrected chi connectivity index (χ4v) is 2.77. The molecule has 12 heavy (non-hydrogen) atoms. The molecule has 3 nitrogen and oxygen atoms in total. The average Bonchev–Trinajstić information content (AvgIpc) is 1.55. The van der Waals surface area contributed by atoms with Crippen LogP contribution in [0, 0.1) is 0 Å². The van der Waals surface area contributed by atoms with Crippen molar-refractivity contribution in [2.24, 2.45) is 0 Å². The summed E-state index contributed by atoms with van der Waals surface area (Å²) in [6.45, 7) is 6.47. The third-order valence-electron chi connectivity index (χ3n) is 1.32. The smallest absolute Gasteiger partial charge is 0.748 e. The van der Waals surface area contributed by atoms with Crippen LogP contribution in [0.3, 0.4) is 0 Å². The van der Waals surface area contributed by atoms with Crippen molar-refractivity contribution in [3.63, 3.8) is 0 Å². The van der Waals surface area contributed by atoms with Crippen molar-refractivity contribution in [3.8, 4) is 0 Å². The Morgan fingerprint density at radius 2 is 1.67 bits per heavy atom. The Kier molecular flexibility index (Phi) is 8.49. The summed E-state index contributed by atoms with van der Waals surface area (Å²) in [6, 6.07) is 0.911. The van der Waals surface area contributed by atoms with E-state index in [-0.39, 0.29) is 57.1 Å². The SMILES string of the molecule is C[Si](C)(C)CCCS(=O)(=O)[O-].[K+]. The molecular weight excluding hydrogens is 219 g/mol. The molecule has 0 bridgehead atoms. The molecule has 0 aromatic heterocycles. The van der Waals surface area contributed by atoms with Gasteiger partial charge < -0.3 is 4.55 Å². The minimum absolute atomic E-state index is 0. The molecule has 0 spiro atoms. The van der Waals surface area contributed by atoms with Gasteiger partial charge in [0.2, 0.25) is 0 Å². The summed E-state index contributed by atoms with van der Waals surface area (Å²) in [5.41, 5.74) is 0. The largest absolute Gasteiger partial charge is 1.00 e. The quantitative estimate of drug-likeness (QED) is 0.429. The monoisotopic (exact) mass is 234 g/mol. The van der Waals surface area contributed by atoms with Crippen LogP contribution in [0.15, 0.2) is 0 Å². The number of hydrogen-bond donors (Lipinski definition) is 0. The first kappa shape index (κ1) is 16.2. The van der Waals surface area contributed by atoms with E-state index < -0.39 is 18.2 Å². The molecule has 68 valence electrons. The molecule has 0 aromatic carbocycles. The minimum Gasteiger partial charge on any atom is -0.748 e. The first-order valence-electron chi connectivity index (χ1n) is 3.64. The minimum atomic E-state index is -3.97. The standard InChI is InChI=1S/C6H16O3SSi.K/c1-11(2,3)6-4-5-10(7,8)9;/h4-6H2,1-3H3,(H,7,8,9);/q;+1/p-1. The zero-order chi connectivity index (χ0) is 9.12. The van der Waals surface area contributed by atoms with Gasteiger partial charge in [-0.25, -0.2) is 8.42 Å². The van der Waals surface area contributed by atoms with E-state index in [4.69, 9.17) is 0 Å². The van der Waals surface area contributed by atoms with Crippen molar-refractivity contribution in [2.75, 3.05) is 5.75 Å². The molecule has 0 radical (unpaired) electrons. The van der Waals surface area contributed by atoms with Gasteiger partial charge in [0.1, 0.15) is 0 Å². The summed E-state index contributed by atoms with van der Waals surface area (Å²) < 4.78 is 30.5. The summed E-state index contributed by atoms with van der Waals surface area (Å²) in [5.74, 6) is -0.197. The first-order chi connectivity index (χ1) is 4.71. The van der Waals surface area contributed by atoms with Crippen molar-refractivity contribution >= 4 is 18.2 Å². The van der Waals surface area contributed by atoms with Gasteiger partial charge in [-0.15, -0.1) is 0 Å². The summed E-state index contributed by atoms with van der Waals surface area (Å²) in [5, 5.41) is 0. The Balaban J connectivity index is 0. The third kappa shape index (κ3) is 14.3. The van der Waals surface area contributed by atoms with E-state index in [0.29, 0.717) is 6.42 Å². The van der Waals surface area contributed by atoms with Gasteiger partial charge in [-0.2, -0.15) is 0 Å². The predicted molar refractivity (Wildman–Crippen MR) is 47.3 cm³/mol. The third-order valence-corrected chi connectivity index (χ3v) is 3.96. The van der Waals surface area contributed by atoms with Crippen LogP contribution in [-0.4, -0.2) is 26.8 Å². The Labute approximate surface area is 118 Å². The molecule has 0 unspecified atom stereocenters. The molecular formula is C6H15KO3SSi. The van der Waals surface area contributed by atoms with Crippen LogP contribution in [0.5, 0.6) is 0 Å². The van der Waals surface area contributed by atoms with Crippen LogP contribution >= 0.6 is 0 Å². The predicted octanol–water partition coefficient (Wildman–Crippen LogP) is -1.74. The van der Waals surface area contributed by atoms with Crippen LogP contribution in [0.25, 0.3) is 0 Å². The second-order valence-corrected chi connectivity index (χ2v) is 11.1. The van der Waals surface area contributed by atoms with Crippen LogP contribution in [0.1, 0.15) is 6.42 Å². The first-order valence-corrected chi connectivity index (χ1v) is 8.93. The molecule has 0 N–H and O–H groups in total. The molecule has 6 heteroatoms. The fraction of sp³-hybridized carbons (Fsp3) is 1.00. The Morgan fingerprint density at radius 3 is 1.92 bits per heavy atom. The van der Waals surface area contributed by atoms with E-state index in [9.17, 15) is 13.0 Å². The van der Waals surface area contributed by atoms with E-state index in [2.05, 4.69) is 19.6 Å². The molecule has 0 aromatic rings. The summed E-state index contributed by atoms with van der Waals surface area (Å²) in [4.78, 5) is 0. The van der Waals surface area contributed by atoms with Crippen molar-refractivity contribution in [3.05, 3.63) is 0 Å². The van der Waals surface area contributed by atoms with Crippen molar-refractivity contribution in [1.82, 2.24) is 0 Å². The van der Waals surface area contributed by atoms with E-state index in [1.165, 1.54) is 0 Å². The van der Waals surface area contributed by atoms with E-state index in [1.54, 1.807) is 0 Å². The Bertz CT molecular complexity index is 207. The molecule has 0 aliphatic heterocycles. The second-order valence-electron chi connectivity index (χ2n) is 3.93. The van der Waals surface area contributed by atoms with Gasteiger partial charge in [-0.3, -0.25) is 0 Å². The van der Waals surface area contributed by atoms with E-state index in [1.807, 2.05) is 0 Å². The van der Waals surface area contributed by atoms with Crippen LogP contribution in [0.4, 0.5) is 0 Å². The average molecular weight is 234 g/mol. The molecule has 0 fully saturated rings. The van der Waals surface area contributed by atoms with Gasteiger partial charge in [0.05, 0.1) is 10.1 Å². The fourth-order valence-electron chi connectivity index (χ4n) is 0.779. The topological polar surface area (TPSA) is 57.2 Å². The van der Waals surface area contributed by atoms with Gasteiger partial charge >= 0.3 is 51.4 Å².